The fourth-order valence-corrected chi connectivity index (χ4v) is 5.61. The van der Waals surface area contributed by atoms with E-state index in [1.54, 1.807) is 6.07 Å². The van der Waals surface area contributed by atoms with E-state index < -0.39 is 15.9 Å². The van der Waals surface area contributed by atoms with Gasteiger partial charge in [-0.05, 0) is 61.6 Å². The van der Waals surface area contributed by atoms with E-state index in [4.69, 9.17) is 5.73 Å². The zero-order valence-electron chi connectivity index (χ0n) is 13.9. The van der Waals surface area contributed by atoms with Gasteiger partial charge >= 0.3 is 0 Å². The molecule has 2 fully saturated rings. The Balaban J connectivity index is 1.51. The van der Waals surface area contributed by atoms with Gasteiger partial charge in [0.25, 0.3) is 10.0 Å². The van der Waals surface area contributed by atoms with E-state index in [1.165, 1.54) is 12.1 Å². The summed E-state index contributed by atoms with van der Waals surface area (Å²) < 4.78 is 27.3. The van der Waals surface area contributed by atoms with E-state index in [1.807, 2.05) is 0 Å². The van der Waals surface area contributed by atoms with Crippen molar-refractivity contribution >= 4 is 21.7 Å². The van der Waals surface area contributed by atoms with Crippen LogP contribution in [0, 0.1) is 17.8 Å². The molecule has 3 aliphatic carbocycles. The van der Waals surface area contributed by atoms with Crippen molar-refractivity contribution in [2.45, 2.75) is 49.5 Å². The summed E-state index contributed by atoms with van der Waals surface area (Å²) in [5.74, 6) is 0.0175. The number of ketones is 1. The zero-order valence-corrected chi connectivity index (χ0v) is 14.7. The summed E-state index contributed by atoms with van der Waals surface area (Å²) in [6, 6.07) is 4.70. The van der Waals surface area contributed by atoms with Crippen molar-refractivity contribution < 1.29 is 18.0 Å². The first-order valence-corrected chi connectivity index (χ1v) is 10.3. The summed E-state index contributed by atoms with van der Waals surface area (Å²) in [7, 11) is -3.96. The van der Waals surface area contributed by atoms with Crippen molar-refractivity contribution in [3.8, 4) is 0 Å². The minimum atomic E-state index is -3.96. The van der Waals surface area contributed by atoms with Gasteiger partial charge < -0.3 is 5.73 Å². The number of carbonyl (C=O) groups is 2. The maximum atomic E-state index is 12.6. The second kappa shape index (κ2) is 5.92. The van der Waals surface area contributed by atoms with Gasteiger partial charge in [-0.3, -0.25) is 9.59 Å². The second-order valence-electron chi connectivity index (χ2n) is 7.56. The third-order valence-corrected chi connectivity index (χ3v) is 7.37. The number of nitrogens with one attached hydrogen (secondary N) is 1. The molecule has 0 spiro atoms. The molecule has 25 heavy (non-hydrogen) atoms. The fraction of sp³-hybridized carbons (Fsp3) is 0.556. The molecule has 4 atom stereocenters. The molecule has 0 radical (unpaired) electrons. The molecule has 7 heteroatoms. The quantitative estimate of drug-likeness (QED) is 0.845. The normalized spacial score (nSPS) is 31.0. The van der Waals surface area contributed by atoms with Gasteiger partial charge in [0, 0.05) is 23.9 Å². The average Bonchev–Trinajstić information content (AvgIpc) is 2.92. The number of amides is 1. The van der Waals surface area contributed by atoms with Crippen LogP contribution in [0.2, 0.25) is 0 Å². The van der Waals surface area contributed by atoms with Gasteiger partial charge in [-0.2, -0.15) is 0 Å². The molecule has 0 aliphatic heterocycles. The number of carbonyl (C=O) groups excluding carboxylic acids is 2. The molecule has 134 valence electrons. The van der Waals surface area contributed by atoms with Gasteiger partial charge in [0.1, 0.15) is 0 Å². The Morgan fingerprint density at radius 2 is 1.96 bits per heavy atom. The summed E-state index contributed by atoms with van der Waals surface area (Å²) in [5.41, 5.74) is 7.28. The smallest absolute Gasteiger partial charge is 0.264 e. The summed E-state index contributed by atoms with van der Waals surface area (Å²) >= 11 is 0. The van der Waals surface area contributed by atoms with Crippen molar-refractivity contribution in [3.63, 3.8) is 0 Å². The van der Waals surface area contributed by atoms with Crippen LogP contribution in [0.1, 0.15) is 48.0 Å². The number of sulfonamides is 1. The molecule has 1 amide bonds. The minimum Gasteiger partial charge on any atom is -0.327 e. The van der Waals surface area contributed by atoms with E-state index in [-0.39, 0.29) is 22.6 Å². The first-order chi connectivity index (χ1) is 11.8. The Bertz CT molecular complexity index is 849. The highest BCUT2D eigenvalue weighted by Gasteiger charge is 2.48. The number of aryl methyl sites for hydroxylation is 1. The van der Waals surface area contributed by atoms with E-state index >= 15 is 0 Å². The SMILES string of the molecule is NC1CC2CC(C(=O)NS(=O)(=O)c3ccc4c(c3)C(=O)CCC4)CC12. The zero-order chi connectivity index (χ0) is 17.8. The Hall–Kier alpha value is -1.73. The van der Waals surface area contributed by atoms with Crippen LogP contribution < -0.4 is 10.5 Å². The van der Waals surface area contributed by atoms with Crippen LogP contribution in [-0.4, -0.2) is 26.2 Å². The summed E-state index contributed by atoms with van der Waals surface area (Å²) in [5, 5.41) is 0. The lowest BCUT2D eigenvalue weighted by atomic mass is 9.72. The predicted molar refractivity (Wildman–Crippen MR) is 91.3 cm³/mol. The van der Waals surface area contributed by atoms with Crippen LogP contribution in [-0.2, 0) is 21.2 Å². The number of hydrogen-bond donors (Lipinski definition) is 2. The lowest BCUT2D eigenvalue weighted by Gasteiger charge is -2.37. The lowest BCUT2D eigenvalue weighted by molar-refractivity contribution is -0.123. The Labute approximate surface area is 147 Å². The Morgan fingerprint density at radius 3 is 2.68 bits per heavy atom. The van der Waals surface area contributed by atoms with Crippen LogP contribution in [0.4, 0.5) is 0 Å². The maximum absolute atomic E-state index is 12.6. The molecule has 0 bridgehead atoms. The van der Waals surface area contributed by atoms with Gasteiger partial charge in [-0.15, -0.1) is 0 Å². The van der Waals surface area contributed by atoms with E-state index in [2.05, 4.69) is 4.72 Å². The largest absolute Gasteiger partial charge is 0.327 e. The first-order valence-electron chi connectivity index (χ1n) is 8.83. The van der Waals surface area contributed by atoms with Crippen LogP contribution in [0.3, 0.4) is 0 Å². The number of hydrogen-bond acceptors (Lipinski definition) is 5. The highest BCUT2D eigenvalue weighted by atomic mass is 32.2. The summed E-state index contributed by atoms with van der Waals surface area (Å²) in [4.78, 5) is 24.4. The third-order valence-electron chi connectivity index (χ3n) is 6.02. The molecule has 3 N–H and O–H groups in total. The Kier molecular flexibility index (Phi) is 3.96. The van der Waals surface area contributed by atoms with Gasteiger partial charge in [0.05, 0.1) is 4.90 Å². The molecule has 6 nitrogen and oxygen atoms in total. The van der Waals surface area contributed by atoms with E-state index in [0.29, 0.717) is 36.7 Å². The molecule has 4 unspecified atom stereocenters. The van der Waals surface area contributed by atoms with Crippen molar-refractivity contribution in [1.29, 1.82) is 0 Å². The maximum Gasteiger partial charge on any atom is 0.264 e. The monoisotopic (exact) mass is 362 g/mol. The van der Waals surface area contributed by atoms with E-state index in [9.17, 15) is 18.0 Å². The van der Waals surface area contributed by atoms with Crippen LogP contribution in [0.5, 0.6) is 0 Å². The van der Waals surface area contributed by atoms with Gasteiger partial charge in [0.15, 0.2) is 5.78 Å². The fourth-order valence-electron chi connectivity index (χ4n) is 4.54. The topological polar surface area (TPSA) is 106 Å². The van der Waals surface area contributed by atoms with Crippen molar-refractivity contribution in [3.05, 3.63) is 29.3 Å². The van der Waals surface area contributed by atoms with Crippen LogP contribution in [0.25, 0.3) is 0 Å². The molecular weight excluding hydrogens is 340 g/mol. The third kappa shape index (κ3) is 2.89. The summed E-state index contributed by atoms with van der Waals surface area (Å²) in [6.07, 6.45) is 4.31. The second-order valence-corrected chi connectivity index (χ2v) is 9.24. The molecule has 0 heterocycles. The number of benzene rings is 1. The predicted octanol–water partition coefficient (Wildman–Crippen LogP) is 1.38. The lowest BCUT2D eigenvalue weighted by Crippen LogP contribution is -2.44. The molecule has 0 saturated heterocycles. The molecule has 0 aromatic heterocycles. The van der Waals surface area contributed by atoms with Crippen molar-refractivity contribution in [2.75, 3.05) is 0 Å². The standard InChI is InChI=1S/C18H22N2O4S/c19-16-8-11-6-12(7-14(11)16)18(22)20-25(23,24)13-5-4-10-2-1-3-17(21)15(10)9-13/h4-5,9,11-12,14,16H,1-3,6-8,19H2,(H,20,22). The molecule has 1 aromatic carbocycles. The van der Waals surface area contributed by atoms with Crippen molar-refractivity contribution in [2.24, 2.45) is 23.5 Å². The number of nitrogens with two attached hydrogens (primary N) is 1. The number of fused-ring (bicyclic) bond motifs is 2. The van der Waals surface area contributed by atoms with Gasteiger partial charge in [0.2, 0.25) is 5.91 Å². The number of rotatable bonds is 3. The van der Waals surface area contributed by atoms with Crippen molar-refractivity contribution in [1.82, 2.24) is 4.72 Å². The minimum absolute atomic E-state index is 0.0208. The first kappa shape index (κ1) is 16.7. The van der Waals surface area contributed by atoms with Crippen LogP contribution >= 0.6 is 0 Å². The highest BCUT2D eigenvalue weighted by molar-refractivity contribution is 7.90. The molecule has 1 aromatic rings. The van der Waals surface area contributed by atoms with Gasteiger partial charge in [-0.25, -0.2) is 13.1 Å². The van der Waals surface area contributed by atoms with Gasteiger partial charge in [-0.1, -0.05) is 6.07 Å². The molecular formula is C18H22N2O4S. The van der Waals surface area contributed by atoms with E-state index in [0.717, 1.165) is 24.8 Å². The number of Topliss-reactive ketones (excluding diaryl/α,β-unsaturated/α-hetero) is 1. The highest BCUT2D eigenvalue weighted by Crippen LogP contribution is 2.48. The Morgan fingerprint density at radius 1 is 1.16 bits per heavy atom. The molecule has 2 saturated carbocycles. The van der Waals surface area contributed by atoms with Crippen LogP contribution in [0.15, 0.2) is 23.1 Å². The molecule has 3 aliphatic rings. The summed E-state index contributed by atoms with van der Waals surface area (Å²) in [6.45, 7) is 0. The average molecular weight is 362 g/mol. The molecule has 4 rings (SSSR count).